The molecule has 0 unspecified atom stereocenters. The Morgan fingerprint density at radius 1 is 1.14 bits per heavy atom. The summed E-state index contributed by atoms with van der Waals surface area (Å²) in [6, 6.07) is 13.7. The Morgan fingerprint density at radius 2 is 1.86 bits per heavy atom. The van der Waals surface area contributed by atoms with E-state index in [1.807, 2.05) is 49.4 Å². The summed E-state index contributed by atoms with van der Waals surface area (Å²) in [6.45, 7) is 2.03. The van der Waals surface area contributed by atoms with Crippen LogP contribution in [0.15, 0.2) is 51.5 Å². The van der Waals surface area contributed by atoms with E-state index in [9.17, 15) is 0 Å². The van der Waals surface area contributed by atoms with E-state index < -0.39 is 0 Å². The third kappa shape index (κ3) is 2.60. The number of methoxy groups -OCH3 is 1. The van der Waals surface area contributed by atoms with Crippen LogP contribution in [0.3, 0.4) is 0 Å². The Balaban J connectivity index is 2.16. The largest absolute Gasteiger partial charge is 0.497 e. The van der Waals surface area contributed by atoms with Crippen molar-refractivity contribution in [3.05, 3.63) is 52.5 Å². The predicted molar refractivity (Wildman–Crippen MR) is 90.8 cm³/mol. The number of benzene rings is 2. The topological polar surface area (TPSA) is 61.3 Å². The van der Waals surface area contributed by atoms with E-state index in [0.717, 1.165) is 38.2 Å². The number of hydrogen-bond acceptors (Lipinski definition) is 4. The van der Waals surface area contributed by atoms with Crippen LogP contribution in [0.1, 0.15) is 5.56 Å². The van der Waals surface area contributed by atoms with Gasteiger partial charge in [0.1, 0.15) is 11.4 Å². The first kappa shape index (κ1) is 14.7. The van der Waals surface area contributed by atoms with Crippen LogP contribution in [0.25, 0.3) is 22.4 Å². The highest BCUT2D eigenvalue weighted by molar-refractivity contribution is 9.10. The zero-order chi connectivity index (χ0) is 15.7. The third-order valence-corrected chi connectivity index (χ3v) is 4.05. The van der Waals surface area contributed by atoms with E-state index in [1.165, 1.54) is 0 Å². The number of halogens is 1. The van der Waals surface area contributed by atoms with Gasteiger partial charge in [0.25, 0.3) is 0 Å². The van der Waals surface area contributed by atoms with Gasteiger partial charge in [-0.15, -0.1) is 0 Å². The highest BCUT2D eigenvalue weighted by atomic mass is 79.9. The lowest BCUT2D eigenvalue weighted by Crippen LogP contribution is -1.90. The molecular formula is C17H15BrN2O2. The van der Waals surface area contributed by atoms with Gasteiger partial charge in [-0.05, 0) is 42.3 Å². The molecule has 1 heterocycles. The van der Waals surface area contributed by atoms with Crippen LogP contribution in [-0.4, -0.2) is 12.3 Å². The minimum absolute atomic E-state index is 0.305. The van der Waals surface area contributed by atoms with E-state index in [1.54, 1.807) is 7.11 Å². The van der Waals surface area contributed by atoms with E-state index in [4.69, 9.17) is 15.0 Å². The molecule has 4 nitrogen and oxygen atoms in total. The average molecular weight is 359 g/mol. The van der Waals surface area contributed by atoms with Crippen molar-refractivity contribution in [1.29, 1.82) is 0 Å². The Kier molecular flexibility index (Phi) is 3.90. The Morgan fingerprint density at radius 3 is 2.55 bits per heavy atom. The number of hydrogen-bond donors (Lipinski definition) is 1. The third-order valence-electron chi connectivity index (χ3n) is 3.55. The fourth-order valence-corrected chi connectivity index (χ4v) is 2.73. The second kappa shape index (κ2) is 5.85. The number of nitrogen functional groups attached to an aromatic ring is 1. The van der Waals surface area contributed by atoms with Crippen molar-refractivity contribution in [1.82, 2.24) is 5.16 Å². The maximum atomic E-state index is 6.00. The Labute approximate surface area is 137 Å². The van der Waals surface area contributed by atoms with Crippen LogP contribution >= 0.6 is 15.9 Å². The van der Waals surface area contributed by atoms with Crippen molar-refractivity contribution in [3.8, 4) is 28.1 Å². The van der Waals surface area contributed by atoms with E-state index in [2.05, 4.69) is 21.1 Å². The van der Waals surface area contributed by atoms with Gasteiger partial charge in [-0.25, -0.2) is 0 Å². The van der Waals surface area contributed by atoms with Crippen molar-refractivity contribution in [2.75, 3.05) is 12.8 Å². The zero-order valence-corrected chi connectivity index (χ0v) is 13.8. The highest BCUT2D eigenvalue weighted by Crippen LogP contribution is 2.38. The lowest BCUT2D eigenvalue weighted by Gasteiger charge is -2.07. The fourth-order valence-electron chi connectivity index (χ4n) is 2.37. The van der Waals surface area contributed by atoms with Gasteiger partial charge in [-0.1, -0.05) is 39.3 Å². The van der Waals surface area contributed by atoms with Crippen LogP contribution in [0.5, 0.6) is 5.75 Å². The molecule has 2 aromatic carbocycles. The monoisotopic (exact) mass is 358 g/mol. The summed E-state index contributed by atoms with van der Waals surface area (Å²) in [5.41, 5.74) is 10.6. The normalized spacial score (nSPS) is 10.7. The maximum absolute atomic E-state index is 6.00. The Hall–Kier alpha value is -2.27. The van der Waals surface area contributed by atoms with Crippen LogP contribution < -0.4 is 10.5 Å². The van der Waals surface area contributed by atoms with Gasteiger partial charge in [-0.3, -0.25) is 0 Å². The lowest BCUT2D eigenvalue weighted by atomic mass is 9.98. The minimum atomic E-state index is 0.305. The SMILES string of the molecule is COc1ccc(-c2c(-c3cc(Br)ccc3C)noc2N)cc1. The average Bonchev–Trinajstić information content (AvgIpc) is 2.91. The minimum Gasteiger partial charge on any atom is -0.497 e. The van der Waals surface area contributed by atoms with Crippen molar-refractivity contribution >= 4 is 21.8 Å². The summed E-state index contributed by atoms with van der Waals surface area (Å²) >= 11 is 3.49. The van der Waals surface area contributed by atoms with Crippen molar-refractivity contribution in [2.24, 2.45) is 0 Å². The molecule has 0 bridgehead atoms. The van der Waals surface area contributed by atoms with Crippen LogP contribution in [0, 0.1) is 6.92 Å². The number of ether oxygens (including phenoxy) is 1. The first-order chi connectivity index (χ1) is 10.6. The van der Waals surface area contributed by atoms with E-state index >= 15 is 0 Å². The number of aromatic nitrogens is 1. The molecule has 3 aromatic rings. The number of aryl methyl sites for hydroxylation is 1. The summed E-state index contributed by atoms with van der Waals surface area (Å²) in [5, 5.41) is 4.15. The lowest BCUT2D eigenvalue weighted by molar-refractivity contribution is 0.415. The molecule has 0 saturated heterocycles. The molecule has 2 N–H and O–H groups in total. The molecule has 0 aliphatic heterocycles. The molecule has 0 aliphatic rings. The summed E-state index contributed by atoms with van der Waals surface area (Å²) in [6.07, 6.45) is 0. The zero-order valence-electron chi connectivity index (χ0n) is 12.3. The molecule has 112 valence electrons. The van der Waals surface area contributed by atoms with Gasteiger partial charge in [0, 0.05) is 10.0 Å². The summed E-state index contributed by atoms with van der Waals surface area (Å²) in [4.78, 5) is 0. The number of anilines is 1. The molecule has 3 rings (SSSR count). The number of nitrogens with zero attached hydrogens (tertiary/aromatic N) is 1. The predicted octanol–water partition coefficient (Wildman–Crippen LogP) is 4.67. The standard InChI is InChI=1S/C17H15BrN2O2/c1-10-3-6-12(18)9-14(10)16-15(17(19)22-20-16)11-4-7-13(21-2)8-5-11/h3-9H,19H2,1-2H3. The van der Waals surface area contributed by atoms with Gasteiger partial charge in [0.2, 0.25) is 5.88 Å². The molecule has 0 fully saturated rings. The quantitative estimate of drug-likeness (QED) is 0.738. The molecule has 0 amide bonds. The van der Waals surface area contributed by atoms with Crippen molar-refractivity contribution < 1.29 is 9.26 Å². The van der Waals surface area contributed by atoms with Gasteiger partial charge in [-0.2, -0.15) is 0 Å². The van der Waals surface area contributed by atoms with Gasteiger partial charge in [0.15, 0.2) is 0 Å². The molecule has 1 aromatic heterocycles. The highest BCUT2D eigenvalue weighted by Gasteiger charge is 2.19. The van der Waals surface area contributed by atoms with Crippen molar-refractivity contribution in [3.63, 3.8) is 0 Å². The van der Waals surface area contributed by atoms with Gasteiger partial charge < -0.3 is 15.0 Å². The molecule has 5 heteroatoms. The molecule has 0 spiro atoms. The number of nitrogens with two attached hydrogens (primary N) is 1. The van der Waals surface area contributed by atoms with Crippen LogP contribution in [-0.2, 0) is 0 Å². The van der Waals surface area contributed by atoms with Gasteiger partial charge in [0.05, 0.1) is 12.7 Å². The van der Waals surface area contributed by atoms with Crippen LogP contribution in [0.4, 0.5) is 5.88 Å². The maximum Gasteiger partial charge on any atom is 0.230 e. The molecule has 22 heavy (non-hydrogen) atoms. The second-order valence-electron chi connectivity index (χ2n) is 4.96. The molecule has 0 radical (unpaired) electrons. The van der Waals surface area contributed by atoms with Crippen molar-refractivity contribution in [2.45, 2.75) is 6.92 Å². The first-order valence-electron chi connectivity index (χ1n) is 6.76. The fraction of sp³-hybridized carbons (Fsp3) is 0.118. The first-order valence-corrected chi connectivity index (χ1v) is 7.55. The molecule has 0 saturated carbocycles. The molecule has 0 aliphatic carbocycles. The Bertz CT molecular complexity index is 810. The summed E-state index contributed by atoms with van der Waals surface area (Å²) < 4.78 is 11.4. The molecule has 0 atom stereocenters. The van der Waals surface area contributed by atoms with Crippen LogP contribution in [0.2, 0.25) is 0 Å². The smallest absolute Gasteiger partial charge is 0.230 e. The summed E-state index contributed by atoms with van der Waals surface area (Å²) in [7, 11) is 1.64. The van der Waals surface area contributed by atoms with Gasteiger partial charge >= 0.3 is 0 Å². The van der Waals surface area contributed by atoms with E-state index in [0.29, 0.717) is 5.88 Å². The van der Waals surface area contributed by atoms with E-state index in [-0.39, 0.29) is 0 Å². The molecular weight excluding hydrogens is 344 g/mol. The summed E-state index contributed by atoms with van der Waals surface area (Å²) in [5.74, 6) is 1.10. The second-order valence-corrected chi connectivity index (χ2v) is 5.87. The number of rotatable bonds is 3.